The van der Waals surface area contributed by atoms with Gasteiger partial charge in [-0.15, -0.1) is 12.3 Å². The Balaban J connectivity index is 2.36. The highest BCUT2D eigenvalue weighted by molar-refractivity contribution is 5.84. The SMILES string of the molecule is C#CCCOC(=O)CC1CCC(=O)C1CCCCC. The number of esters is 1. The third-order valence-electron chi connectivity index (χ3n) is 3.80. The number of carbonyl (C=O) groups excluding carboxylic acids is 2. The fourth-order valence-electron chi connectivity index (χ4n) is 2.73. The molecule has 3 heteroatoms. The van der Waals surface area contributed by atoms with E-state index in [-0.39, 0.29) is 24.4 Å². The summed E-state index contributed by atoms with van der Waals surface area (Å²) in [5, 5.41) is 0. The van der Waals surface area contributed by atoms with Gasteiger partial charge >= 0.3 is 5.97 Å². The summed E-state index contributed by atoms with van der Waals surface area (Å²) in [6, 6.07) is 0. The fourth-order valence-corrected chi connectivity index (χ4v) is 2.73. The maximum atomic E-state index is 11.8. The van der Waals surface area contributed by atoms with E-state index in [1.165, 1.54) is 0 Å². The largest absolute Gasteiger partial charge is 0.465 e. The van der Waals surface area contributed by atoms with Crippen LogP contribution in [0.4, 0.5) is 0 Å². The Labute approximate surface area is 116 Å². The van der Waals surface area contributed by atoms with Crippen molar-refractivity contribution in [2.75, 3.05) is 6.61 Å². The summed E-state index contributed by atoms with van der Waals surface area (Å²) in [6.07, 6.45) is 11.7. The molecule has 0 radical (unpaired) electrons. The molecule has 0 amide bonds. The molecule has 106 valence electrons. The standard InChI is InChI=1S/C16H24O3/c1-3-5-7-8-14-13(9-10-15(14)17)12-16(18)19-11-6-4-2/h2,13-14H,3,5-12H2,1H3. The molecule has 1 rings (SSSR count). The van der Waals surface area contributed by atoms with Gasteiger partial charge in [0.1, 0.15) is 12.4 Å². The predicted octanol–water partition coefficient (Wildman–Crippen LogP) is 3.12. The quantitative estimate of drug-likeness (QED) is 0.384. The van der Waals surface area contributed by atoms with Crippen LogP contribution in [0.15, 0.2) is 0 Å². The molecule has 3 nitrogen and oxygen atoms in total. The maximum absolute atomic E-state index is 11.8. The van der Waals surface area contributed by atoms with Crippen molar-refractivity contribution in [1.82, 2.24) is 0 Å². The Morgan fingerprint density at radius 2 is 2.26 bits per heavy atom. The van der Waals surface area contributed by atoms with Gasteiger partial charge in [0.25, 0.3) is 0 Å². The first-order chi connectivity index (χ1) is 9.19. The van der Waals surface area contributed by atoms with E-state index in [0.717, 1.165) is 32.1 Å². The Morgan fingerprint density at radius 3 is 2.95 bits per heavy atom. The van der Waals surface area contributed by atoms with E-state index < -0.39 is 0 Å². The molecule has 0 aromatic heterocycles. The molecule has 1 aliphatic carbocycles. The molecule has 19 heavy (non-hydrogen) atoms. The van der Waals surface area contributed by atoms with Crippen molar-refractivity contribution in [3.05, 3.63) is 0 Å². The molecular formula is C16H24O3. The molecule has 1 fully saturated rings. The molecule has 2 atom stereocenters. The second kappa shape index (κ2) is 8.74. The van der Waals surface area contributed by atoms with E-state index in [4.69, 9.17) is 11.2 Å². The van der Waals surface area contributed by atoms with Crippen LogP contribution >= 0.6 is 0 Å². The molecule has 0 spiro atoms. The summed E-state index contributed by atoms with van der Waals surface area (Å²) in [6.45, 7) is 2.44. The lowest BCUT2D eigenvalue weighted by atomic mass is 9.88. The van der Waals surface area contributed by atoms with Gasteiger partial charge in [0.15, 0.2) is 0 Å². The van der Waals surface area contributed by atoms with Crippen LogP contribution in [0.2, 0.25) is 0 Å². The Morgan fingerprint density at radius 1 is 1.47 bits per heavy atom. The number of hydrogen-bond donors (Lipinski definition) is 0. The van der Waals surface area contributed by atoms with E-state index in [1.54, 1.807) is 0 Å². The maximum Gasteiger partial charge on any atom is 0.306 e. The second-order valence-corrected chi connectivity index (χ2v) is 5.25. The van der Waals surface area contributed by atoms with Crippen LogP contribution in [-0.2, 0) is 14.3 Å². The molecule has 0 N–H and O–H groups in total. The van der Waals surface area contributed by atoms with Gasteiger partial charge < -0.3 is 4.74 Å². The van der Waals surface area contributed by atoms with Crippen LogP contribution < -0.4 is 0 Å². The summed E-state index contributed by atoms with van der Waals surface area (Å²) < 4.78 is 5.06. The molecule has 1 saturated carbocycles. The minimum absolute atomic E-state index is 0.0757. The minimum atomic E-state index is -0.213. The highest BCUT2D eigenvalue weighted by atomic mass is 16.5. The van der Waals surface area contributed by atoms with Crippen molar-refractivity contribution in [3.63, 3.8) is 0 Å². The molecule has 0 saturated heterocycles. The summed E-state index contributed by atoms with van der Waals surface area (Å²) in [7, 11) is 0. The van der Waals surface area contributed by atoms with Crippen LogP contribution in [0, 0.1) is 24.2 Å². The van der Waals surface area contributed by atoms with E-state index in [0.29, 0.717) is 25.0 Å². The third-order valence-corrected chi connectivity index (χ3v) is 3.80. The number of hydrogen-bond acceptors (Lipinski definition) is 3. The molecule has 0 aromatic carbocycles. The van der Waals surface area contributed by atoms with Crippen LogP contribution in [0.5, 0.6) is 0 Å². The van der Waals surface area contributed by atoms with Gasteiger partial charge in [-0.2, -0.15) is 0 Å². The Kier molecular flexibility index (Phi) is 7.25. The van der Waals surface area contributed by atoms with Crippen molar-refractivity contribution in [3.8, 4) is 12.3 Å². The van der Waals surface area contributed by atoms with E-state index in [9.17, 15) is 9.59 Å². The lowest BCUT2D eigenvalue weighted by Crippen LogP contribution is -2.19. The van der Waals surface area contributed by atoms with Gasteiger partial charge in [0, 0.05) is 25.2 Å². The zero-order chi connectivity index (χ0) is 14.1. The molecule has 2 unspecified atom stereocenters. The fraction of sp³-hybridized carbons (Fsp3) is 0.750. The summed E-state index contributed by atoms with van der Waals surface area (Å²) in [5.74, 6) is 2.81. The van der Waals surface area contributed by atoms with Crippen molar-refractivity contribution >= 4 is 11.8 Å². The van der Waals surface area contributed by atoms with Crippen LogP contribution in [-0.4, -0.2) is 18.4 Å². The van der Waals surface area contributed by atoms with E-state index >= 15 is 0 Å². The van der Waals surface area contributed by atoms with Crippen LogP contribution in [0.1, 0.15) is 58.3 Å². The lowest BCUT2D eigenvalue weighted by Gasteiger charge is -2.17. The van der Waals surface area contributed by atoms with Crippen molar-refractivity contribution in [2.45, 2.75) is 58.3 Å². The molecular weight excluding hydrogens is 240 g/mol. The number of Topliss-reactive ketones (excluding diaryl/α,β-unsaturated/α-hetero) is 1. The molecule has 0 aliphatic heterocycles. The average Bonchev–Trinajstić information content (AvgIpc) is 2.72. The Bertz CT molecular complexity index is 340. The molecule has 0 heterocycles. The zero-order valence-electron chi connectivity index (χ0n) is 11.8. The van der Waals surface area contributed by atoms with Gasteiger partial charge in [0.2, 0.25) is 0 Å². The summed E-state index contributed by atoms with van der Waals surface area (Å²) in [5.41, 5.74) is 0. The first-order valence-corrected chi connectivity index (χ1v) is 7.30. The topological polar surface area (TPSA) is 43.4 Å². The highest BCUT2D eigenvalue weighted by Gasteiger charge is 2.35. The van der Waals surface area contributed by atoms with E-state index in [1.807, 2.05) is 0 Å². The van der Waals surface area contributed by atoms with Gasteiger partial charge in [-0.05, 0) is 18.8 Å². The van der Waals surface area contributed by atoms with Gasteiger partial charge in [-0.1, -0.05) is 26.2 Å². The molecule has 0 bridgehead atoms. The average molecular weight is 264 g/mol. The summed E-state index contributed by atoms with van der Waals surface area (Å²) >= 11 is 0. The molecule has 0 aromatic rings. The number of rotatable bonds is 8. The number of terminal acetylenes is 1. The van der Waals surface area contributed by atoms with Gasteiger partial charge in [0.05, 0.1) is 0 Å². The van der Waals surface area contributed by atoms with Crippen LogP contribution in [0.25, 0.3) is 0 Å². The smallest absolute Gasteiger partial charge is 0.306 e. The second-order valence-electron chi connectivity index (χ2n) is 5.25. The third kappa shape index (κ3) is 5.46. The minimum Gasteiger partial charge on any atom is -0.465 e. The number of ether oxygens (including phenoxy) is 1. The van der Waals surface area contributed by atoms with Gasteiger partial charge in [-0.25, -0.2) is 0 Å². The summed E-state index contributed by atoms with van der Waals surface area (Å²) in [4.78, 5) is 23.5. The number of ketones is 1. The lowest BCUT2D eigenvalue weighted by molar-refractivity contribution is -0.144. The normalized spacial score (nSPS) is 22.2. The zero-order valence-corrected chi connectivity index (χ0v) is 11.8. The van der Waals surface area contributed by atoms with Gasteiger partial charge in [-0.3, -0.25) is 9.59 Å². The predicted molar refractivity (Wildman–Crippen MR) is 74.4 cm³/mol. The van der Waals surface area contributed by atoms with Crippen molar-refractivity contribution in [2.24, 2.45) is 11.8 Å². The molecule has 1 aliphatic rings. The Hall–Kier alpha value is -1.30. The number of unbranched alkanes of at least 4 members (excludes halogenated alkanes) is 2. The highest BCUT2D eigenvalue weighted by Crippen LogP contribution is 2.35. The van der Waals surface area contributed by atoms with Crippen molar-refractivity contribution in [1.29, 1.82) is 0 Å². The monoisotopic (exact) mass is 264 g/mol. The van der Waals surface area contributed by atoms with E-state index in [2.05, 4.69) is 12.8 Å². The first-order valence-electron chi connectivity index (χ1n) is 7.30. The number of carbonyl (C=O) groups is 2. The van der Waals surface area contributed by atoms with Crippen molar-refractivity contribution < 1.29 is 14.3 Å². The first kappa shape index (κ1) is 15.8. The van der Waals surface area contributed by atoms with Crippen LogP contribution in [0.3, 0.4) is 0 Å².